The van der Waals surface area contributed by atoms with Crippen molar-refractivity contribution in [3.63, 3.8) is 0 Å². The molecule has 140 valence electrons. The summed E-state index contributed by atoms with van der Waals surface area (Å²) in [6.45, 7) is 2.45. The Labute approximate surface area is 159 Å². The van der Waals surface area contributed by atoms with Gasteiger partial charge in [0.25, 0.3) is 5.91 Å². The number of hydrogen-bond acceptors (Lipinski definition) is 5. The number of amides is 1. The van der Waals surface area contributed by atoms with E-state index in [1.165, 1.54) is 0 Å². The van der Waals surface area contributed by atoms with E-state index in [1.807, 2.05) is 35.2 Å². The molecule has 0 spiro atoms. The molecule has 0 aliphatic carbocycles. The van der Waals surface area contributed by atoms with E-state index in [9.17, 15) is 10.1 Å². The summed E-state index contributed by atoms with van der Waals surface area (Å²) in [6, 6.07) is 17.0. The second-order valence-corrected chi connectivity index (χ2v) is 6.37. The molecule has 6 heteroatoms. The molecular formula is C21H23N3O3. The fraction of sp³-hybridized carbons (Fsp3) is 0.333. The largest absolute Gasteiger partial charge is 0.497 e. The van der Waals surface area contributed by atoms with Crippen molar-refractivity contribution in [2.45, 2.75) is 6.04 Å². The van der Waals surface area contributed by atoms with Crippen molar-refractivity contribution in [1.82, 2.24) is 9.80 Å². The Morgan fingerprint density at radius 3 is 2.11 bits per heavy atom. The summed E-state index contributed by atoms with van der Waals surface area (Å²) >= 11 is 0. The average molecular weight is 365 g/mol. The lowest BCUT2D eigenvalue weighted by atomic mass is 10.1. The lowest BCUT2D eigenvalue weighted by Gasteiger charge is -2.37. The molecule has 0 radical (unpaired) electrons. The molecule has 1 amide bonds. The normalized spacial score (nSPS) is 15.7. The van der Waals surface area contributed by atoms with Crippen LogP contribution in [-0.2, 0) is 0 Å². The van der Waals surface area contributed by atoms with Crippen LogP contribution < -0.4 is 9.47 Å². The van der Waals surface area contributed by atoms with Crippen LogP contribution in [0.3, 0.4) is 0 Å². The van der Waals surface area contributed by atoms with Crippen molar-refractivity contribution >= 4 is 5.91 Å². The van der Waals surface area contributed by atoms with Crippen molar-refractivity contribution in [1.29, 1.82) is 5.26 Å². The topological polar surface area (TPSA) is 65.8 Å². The SMILES string of the molecule is COc1cc(OC)cc(C(=O)N2CCN([C@H](C#N)c3ccccc3)CC2)c1. The Kier molecular flexibility index (Phi) is 5.94. The second-order valence-electron chi connectivity index (χ2n) is 6.37. The fourth-order valence-electron chi connectivity index (χ4n) is 3.30. The highest BCUT2D eigenvalue weighted by Gasteiger charge is 2.27. The zero-order chi connectivity index (χ0) is 19.2. The van der Waals surface area contributed by atoms with E-state index < -0.39 is 0 Å². The molecule has 1 saturated heterocycles. The highest BCUT2D eigenvalue weighted by molar-refractivity contribution is 5.95. The molecule has 2 aromatic carbocycles. The Balaban J connectivity index is 1.68. The zero-order valence-electron chi connectivity index (χ0n) is 15.6. The van der Waals surface area contributed by atoms with Crippen LogP contribution in [0.25, 0.3) is 0 Å². The van der Waals surface area contributed by atoms with Crippen LogP contribution in [0, 0.1) is 11.3 Å². The molecule has 6 nitrogen and oxygen atoms in total. The third-order valence-electron chi connectivity index (χ3n) is 4.80. The maximum absolute atomic E-state index is 12.9. The molecule has 1 aliphatic heterocycles. The summed E-state index contributed by atoms with van der Waals surface area (Å²) in [7, 11) is 3.13. The summed E-state index contributed by atoms with van der Waals surface area (Å²) in [6.07, 6.45) is 0. The molecule has 3 rings (SSSR count). The third-order valence-corrected chi connectivity index (χ3v) is 4.80. The van der Waals surface area contributed by atoms with Gasteiger partial charge >= 0.3 is 0 Å². The van der Waals surface area contributed by atoms with E-state index in [0.717, 1.165) is 5.56 Å². The van der Waals surface area contributed by atoms with Crippen molar-refractivity contribution in [2.75, 3.05) is 40.4 Å². The van der Waals surface area contributed by atoms with E-state index >= 15 is 0 Å². The van der Waals surface area contributed by atoms with Crippen LogP contribution in [0.2, 0.25) is 0 Å². The minimum atomic E-state index is -0.291. The molecule has 1 heterocycles. The molecule has 1 atom stereocenters. The predicted molar refractivity (Wildman–Crippen MR) is 102 cm³/mol. The first kappa shape index (κ1) is 18.7. The molecule has 1 aliphatic rings. The van der Waals surface area contributed by atoms with Crippen molar-refractivity contribution < 1.29 is 14.3 Å². The van der Waals surface area contributed by atoms with Gasteiger partial charge in [-0.1, -0.05) is 30.3 Å². The van der Waals surface area contributed by atoms with Crippen molar-refractivity contribution in [3.05, 3.63) is 59.7 Å². The molecule has 0 saturated carbocycles. The van der Waals surface area contributed by atoms with Crippen molar-refractivity contribution in [3.8, 4) is 17.6 Å². The summed E-state index contributed by atoms with van der Waals surface area (Å²) in [5, 5.41) is 9.60. The molecule has 0 bridgehead atoms. The minimum absolute atomic E-state index is 0.0555. The van der Waals surface area contributed by atoms with Crippen LogP contribution >= 0.6 is 0 Å². The summed E-state index contributed by atoms with van der Waals surface area (Å²) < 4.78 is 10.5. The number of rotatable bonds is 5. The van der Waals surface area contributed by atoms with Gasteiger partial charge in [-0.2, -0.15) is 5.26 Å². The van der Waals surface area contributed by atoms with Gasteiger partial charge in [-0.15, -0.1) is 0 Å². The minimum Gasteiger partial charge on any atom is -0.497 e. The Morgan fingerprint density at radius 2 is 1.59 bits per heavy atom. The van der Waals surface area contributed by atoms with Crippen molar-refractivity contribution in [2.24, 2.45) is 0 Å². The quantitative estimate of drug-likeness (QED) is 0.815. The van der Waals surface area contributed by atoms with Gasteiger partial charge in [-0.05, 0) is 17.7 Å². The van der Waals surface area contributed by atoms with E-state index in [1.54, 1.807) is 32.4 Å². The van der Waals surface area contributed by atoms with Gasteiger partial charge in [-0.25, -0.2) is 0 Å². The number of carbonyl (C=O) groups is 1. The summed E-state index contributed by atoms with van der Waals surface area (Å²) in [5.74, 6) is 1.12. The van der Waals surface area contributed by atoms with Crippen LogP contribution in [-0.4, -0.2) is 56.1 Å². The Bertz CT molecular complexity index is 802. The zero-order valence-corrected chi connectivity index (χ0v) is 15.6. The van der Waals surface area contributed by atoms with E-state index in [0.29, 0.717) is 43.2 Å². The van der Waals surface area contributed by atoms with Gasteiger partial charge in [0, 0.05) is 37.8 Å². The summed E-state index contributed by atoms with van der Waals surface area (Å²) in [5.41, 5.74) is 1.52. The molecule has 1 fully saturated rings. The van der Waals surface area contributed by atoms with Crippen LogP contribution in [0.15, 0.2) is 48.5 Å². The smallest absolute Gasteiger partial charge is 0.254 e. The summed E-state index contributed by atoms with van der Waals surface area (Å²) in [4.78, 5) is 16.8. The molecule has 0 N–H and O–H groups in total. The average Bonchev–Trinajstić information content (AvgIpc) is 2.74. The highest BCUT2D eigenvalue weighted by atomic mass is 16.5. The molecule has 0 aromatic heterocycles. The maximum Gasteiger partial charge on any atom is 0.254 e. The number of piperazine rings is 1. The Morgan fingerprint density at radius 1 is 1.00 bits per heavy atom. The van der Waals surface area contributed by atoms with Gasteiger partial charge in [0.05, 0.1) is 20.3 Å². The van der Waals surface area contributed by atoms with Crippen LogP contribution in [0.1, 0.15) is 22.0 Å². The number of nitrogens with zero attached hydrogens (tertiary/aromatic N) is 3. The van der Waals surface area contributed by atoms with E-state index in [4.69, 9.17) is 9.47 Å². The second kappa shape index (κ2) is 8.56. The molecular weight excluding hydrogens is 342 g/mol. The first-order chi connectivity index (χ1) is 13.2. The molecule has 0 unspecified atom stereocenters. The third kappa shape index (κ3) is 4.21. The maximum atomic E-state index is 12.9. The number of carbonyl (C=O) groups excluding carboxylic acids is 1. The number of methoxy groups -OCH3 is 2. The van der Waals surface area contributed by atoms with Gasteiger partial charge in [-0.3, -0.25) is 9.69 Å². The first-order valence-corrected chi connectivity index (χ1v) is 8.87. The molecule has 27 heavy (non-hydrogen) atoms. The highest BCUT2D eigenvalue weighted by Crippen LogP contribution is 2.25. The first-order valence-electron chi connectivity index (χ1n) is 8.87. The standard InChI is InChI=1S/C21H23N3O3/c1-26-18-12-17(13-19(14-18)27-2)21(25)24-10-8-23(9-11-24)20(15-22)16-6-4-3-5-7-16/h3-7,12-14,20H,8-11H2,1-2H3/t20-/m1/s1. The van der Waals surface area contributed by atoms with Crippen LogP contribution in [0.5, 0.6) is 11.5 Å². The monoisotopic (exact) mass is 365 g/mol. The molecule has 2 aromatic rings. The van der Waals surface area contributed by atoms with E-state index in [2.05, 4.69) is 11.0 Å². The number of ether oxygens (including phenoxy) is 2. The van der Waals surface area contributed by atoms with Gasteiger partial charge in [0.2, 0.25) is 0 Å². The number of hydrogen-bond donors (Lipinski definition) is 0. The van der Waals surface area contributed by atoms with Gasteiger partial charge in [0.15, 0.2) is 0 Å². The lowest BCUT2D eigenvalue weighted by Crippen LogP contribution is -2.49. The van der Waals surface area contributed by atoms with Crippen LogP contribution in [0.4, 0.5) is 0 Å². The van der Waals surface area contributed by atoms with Gasteiger partial charge in [0.1, 0.15) is 17.5 Å². The van der Waals surface area contributed by atoms with E-state index in [-0.39, 0.29) is 11.9 Å². The van der Waals surface area contributed by atoms with Gasteiger partial charge < -0.3 is 14.4 Å². The fourth-order valence-corrected chi connectivity index (χ4v) is 3.30. The predicted octanol–water partition coefficient (Wildman–Crippen LogP) is 2.73. The number of benzene rings is 2. The lowest BCUT2D eigenvalue weighted by molar-refractivity contribution is 0.0605. The number of nitriles is 1. The Hall–Kier alpha value is -3.04.